The topological polar surface area (TPSA) is 78.8 Å². The molecule has 12 heavy (non-hydrogen) atoms. The van der Waals surface area contributed by atoms with Crippen molar-refractivity contribution in [3.8, 4) is 0 Å². The number of carbonyl (C=O) groups excluding carboxylic acids is 2. The summed E-state index contributed by atoms with van der Waals surface area (Å²) in [6.07, 6.45) is 2.13. The molecule has 1 aliphatic heterocycles. The summed E-state index contributed by atoms with van der Waals surface area (Å²) in [5.74, 6) is -1.10. The lowest BCUT2D eigenvalue weighted by molar-refractivity contribution is -0.123. The van der Waals surface area contributed by atoms with Crippen LogP contribution in [0.4, 0.5) is 0 Å². The van der Waals surface area contributed by atoms with Crippen LogP contribution < -0.4 is 5.32 Å². The van der Waals surface area contributed by atoms with Gasteiger partial charge in [0.2, 0.25) is 0 Å². The maximum atomic E-state index is 10.9. The molecule has 0 aromatic heterocycles. The quantitative estimate of drug-likeness (QED) is 0.253. The number of carbonyl (C=O) groups is 2. The van der Waals surface area contributed by atoms with E-state index >= 15 is 0 Å². The highest BCUT2D eigenvalue weighted by Crippen LogP contribution is 2.10. The van der Waals surface area contributed by atoms with Gasteiger partial charge in [-0.15, -0.1) is 0 Å². The number of hydrogen-bond donors (Lipinski definition) is 2. The Bertz CT molecular complexity index is 315. The first kappa shape index (κ1) is 8.19. The number of nitrogens with zero attached hydrogens (tertiary/aromatic N) is 1. The van der Waals surface area contributed by atoms with Gasteiger partial charge in [0.25, 0.3) is 11.8 Å². The third-order valence-corrected chi connectivity index (χ3v) is 1.40. The van der Waals surface area contributed by atoms with E-state index in [2.05, 4.69) is 11.7 Å². The van der Waals surface area contributed by atoms with E-state index in [-0.39, 0.29) is 11.1 Å². The number of hydrogen-bond acceptors (Lipinski definition) is 4. The molecule has 0 aliphatic carbocycles. The second-order valence-corrected chi connectivity index (χ2v) is 2.06. The lowest BCUT2D eigenvalue weighted by Crippen LogP contribution is -2.23. The van der Waals surface area contributed by atoms with Gasteiger partial charge in [-0.25, -0.2) is 0 Å². The zero-order valence-electron chi connectivity index (χ0n) is 6.07. The highest BCUT2D eigenvalue weighted by molar-refractivity contribution is 6.29. The average molecular weight is 166 g/mol. The first-order chi connectivity index (χ1) is 5.70. The minimum Gasteiger partial charge on any atom is -0.411 e. The summed E-state index contributed by atoms with van der Waals surface area (Å²) in [4.78, 5) is 21.8. The van der Waals surface area contributed by atoms with E-state index in [9.17, 15) is 9.59 Å². The van der Waals surface area contributed by atoms with Crippen molar-refractivity contribution < 1.29 is 14.8 Å². The van der Waals surface area contributed by atoms with E-state index in [1.807, 2.05) is 5.32 Å². The predicted molar refractivity (Wildman–Crippen MR) is 40.7 cm³/mol. The Balaban J connectivity index is 3.18. The Morgan fingerprint density at radius 3 is 2.42 bits per heavy atom. The fraction of sp³-hybridized carbons (Fsp3) is 0. The van der Waals surface area contributed by atoms with E-state index in [1.165, 1.54) is 6.08 Å². The van der Waals surface area contributed by atoms with Gasteiger partial charge in [-0.2, -0.15) is 0 Å². The van der Waals surface area contributed by atoms with Crippen molar-refractivity contribution >= 4 is 18.0 Å². The van der Waals surface area contributed by atoms with Crippen molar-refractivity contribution in [2.45, 2.75) is 0 Å². The Morgan fingerprint density at radius 2 is 1.92 bits per heavy atom. The molecule has 62 valence electrons. The number of oxime groups is 1. The standard InChI is InChI=1S/C7H6N2O3/c1-2-4-5(3-8-12)7(11)9-6(4)10/h2-3,12H,1H2,(H,9,10,11)/b8-3+. The van der Waals surface area contributed by atoms with Crippen molar-refractivity contribution in [1.82, 2.24) is 5.32 Å². The van der Waals surface area contributed by atoms with Crippen molar-refractivity contribution in [3.05, 3.63) is 23.8 Å². The SMILES string of the molecule is C=CC1=C(/C=N/O)C(=O)NC1=O. The molecule has 0 atom stereocenters. The highest BCUT2D eigenvalue weighted by atomic mass is 16.4. The van der Waals surface area contributed by atoms with Crippen LogP contribution in [-0.2, 0) is 9.59 Å². The van der Waals surface area contributed by atoms with E-state index in [0.29, 0.717) is 0 Å². The van der Waals surface area contributed by atoms with Crippen LogP contribution in [0.1, 0.15) is 0 Å². The first-order valence-electron chi connectivity index (χ1n) is 3.10. The molecule has 0 saturated carbocycles. The van der Waals surface area contributed by atoms with Crippen molar-refractivity contribution in [3.63, 3.8) is 0 Å². The van der Waals surface area contributed by atoms with Gasteiger partial charge in [-0.1, -0.05) is 17.8 Å². The third kappa shape index (κ3) is 1.12. The molecule has 0 aromatic carbocycles. The van der Waals surface area contributed by atoms with Crippen LogP contribution in [0, 0.1) is 0 Å². The van der Waals surface area contributed by atoms with Crippen LogP contribution in [0.25, 0.3) is 0 Å². The summed E-state index contributed by atoms with van der Waals surface area (Å²) in [6, 6.07) is 0. The van der Waals surface area contributed by atoms with Gasteiger partial charge in [0, 0.05) is 0 Å². The van der Waals surface area contributed by atoms with Crippen molar-refractivity contribution in [2.24, 2.45) is 5.16 Å². The Kier molecular flexibility index (Phi) is 2.05. The molecule has 1 heterocycles. The monoisotopic (exact) mass is 166 g/mol. The molecule has 1 rings (SSSR count). The summed E-state index contributed by atoms with van der Waals surface area (Å²) in [6.45, 7) is 3.35. The lowest BCUT2D eigenvalue weighted by atomic mass is 10.1. The molecule has 1 aliphatic rings. The fourth-order valence-electron chi connectivity index (χ4n) is 0.871. The molecule has 0 unspecified atom stereocenters. The molecule has 0 radical (unpaired) electrons. The molecule has 5 nitrogen and oxygen atoms in total. The van der Waals surface area contributed by atoms with E-state index in [1.54, 1.807) is 0 Å². The minimum absolute atomic E-state index is 0.0255. The van der Waals surface area contributed by atoms with Crippen molar-refractivity contribution in [1.29, 1.82) is 0 Å². The smallest absolute Gasteiger partial charge is 0.260 e. The zero-order valence-corrected chi connectivity index (χ0v) is 6.07. The molecular weight excluding hydrogens is 160 g/mol. The second kappa shape index (κ2) is 3.00. The van der Waals surface area contributed by atoms with Gasteiger partial charge in [0.1, 0.15) is 0 Å². The number of amides is 2. The number of nitrogens with one attached hydrogen (secondary N) is 1. The normalized spacial score (nSPS) is 17.3. The molecule has 0 saturated heterocycles. The Morgan fingerprint density at radius 1 is 1.33 bits per heavy atom. The molecule has 2 N–H and O–H groups in total. The molecule has 5 heteroatoms. The van der Waals surface area contributed by atoms with E-state index in [0.717, 1.165) is 6.21 Å². The molecule has 2 amide bonds. The summed E-state index contributed by atoms with van der Waals surface area (Å²) < 4.78 is 0. The van der Waals surface area contributed by atoms with Crippen LogP contribution in [-0.4, -0.2) is 23.2 Å². The Hall–Kier alpha value is -1.91. The maximum absolute atomic E-state index is 10.9. The lowest BCUT2D eigenvalue weighted by Gasteiger charge is -1.86. The summed E-state index contributed by atoms with van der Waals surface area (Å²) in [5.41, 5.74) is 0.148. The summed E-state index contributed by atoms with van der Waals surface area (Å²) in [7, 11) is 0. The third-order valence-electron chi connectivity index (χ3n) is 1.40. The van der Waals surface area contributed by atoms with Crippen LogP contribution >= 0.6 is 0 Å². The van der Waals surface area contributed by atoms with Gasteiger partial charge in [0.15, 0.2) is 0 Å². The van der Waals surface area contributed by atoms with Crippen molar-refractivity contribution in [2.75, 3.05) is 0 Å². The molecular formula is C7H6N2O3. The minimum atomic E-state index is -0.576. The molecule has 0 fully saturated rings. The fourth-order valence-corrected chi connectivity index (χ4v) is 0.871. The predicted octanol–water partition coefficient (Wildman–Crippen LogP) is -0.415. The maximum Gasteiger partial charge on any atom is 0.260 e. The zero-order chi connectivity index (χ0) is 9.14. The van der Waals surface area contributed by atoms with Crippen LogP contribution in [0.3, 0.4) is 0 Å². The van der Waals surface area contributed by atoms with Crippen LogP contribution in [0.15, 0.2) is 29.0 Å². The van der Waals surface area contributed by atoms with Crippen LogP contribution in [0.2, 0.25) is 0 Å². The number of rotatable bonds is 2. The second-order valence-electron chi connectivity index (χ2n) is 2.06. The average Bonchev–Trinajstić information content (AvgIpc) is 2.28. The largest absolute Gasteiger partial charge is 0.411 e. The molecule has 0 spiro atoms. The molecule has 0 aromatic rings. The first-order valence-corrected chi connectivity index (χ1v) is 3.10. The highest BCUT2D eigenvalue weighted by Gasteiger charge is 2.26. The Labute approximate surface area is 68.1 Å². The number of imide groups is 1. The van der Waals surface area contributed by atoms with E-state index < -0.39 is 11.8 Å². The van der Waals surface area contributed by atoms with E-state index in [4.69, 9.17) is 5.21 Å². The van der Waals surface area contributed by atoms with Gasteiger partial charge < -0.3 is 5.21 Å². The van der Waals surface area contributed by atoms with Crippen LogP contribution in [0.5, 0.6) is 0 Å². The van der Waals surface area contributed by atoms with Gasteiger partial charge in [-0.05, 0) is 0 Å². The summed E-state index contributed by atoms with van der Waals surface area (Å²) in [5, 5.41) is 12.8. The summed E-state index contributed by atoms with van der Waals surface area (Å²) >= 11 is 0. The van der Waals surface area contributed by atoms with Gasteiger partial charge in [-0.3, -0.25) is 14.9 Å². The van der Waals surface area contributed by atoms with Gasteiger partial charge >= 0.3 is 0 Å². The molecule has 0 bridgehead atoms. The van der Waals surface area contributed by atoms with Gasteiger partial charge in [0.05, 0.1) is 17.4 Å².